The molecule has 21 heavy (non-hydrogen) atoms. The van der Waals surface area contributed by atoms with E-state index in [0.29, 0.717) is 0 Å². The molecule has 0 aliphatic carbocycles. The van der Waals surface area contributed by atoms with Gasteiger partial charge in [-0.05, 0) is 24.3 Å². The van der Waals surface area contributed by atoms with Crippen LogP contribution in [0.25, 0.3) is 0 Å². The first-order valence-electron chi connectivity index (χ1n) is 7.02. The van der Waals surface area contributed by atoms with E-state index in [0.717, 1.165) is 5.56 Å². The van der Waals surface area contributed by atoms with Gasteiger partial charge in [0.05, 0.1) is 0 Å². The predicted octanol–water partition coefficient (Wildman–Crippen LogP) is 4.07. The number of aliphatic hydroxyl groups is 1. The van der Waals surface area contributed by atoms with Crippen molar-refractivity contribution in [3.63, 3.8) is 0 Å². The van der Waals surface area contributed by atoms with Crippen LogP contribution in [0, 0.1) is 5.41 Å². The van der Waals surface area contributed by atoms with Gasteiger partial charge in [0, 0.05) is 12.6 Å². The lowest BCUT2D eigenvalue weighted by molar-refractivity contribution is -0.267. The largest absolute Gasteiger partial charge is 0.418 e. The molecule has 1 rings (SSSR count). The number of nitrogens with one attached hydrogen (secondary N) is 1. The van der Waals surface area contributed by atoms with Gasteiger partial charge in [-0.3, -0.25) is 0 Å². The van der Waals surface area contributed by atoms with Crippen molar-refractivity contribution in [3.05, 3.63) is 35.9 Å². The fourth-order valence-electron chi connectivity index (χ4n) is 2.32. The van der Waals surface area contributed by atoms with Crippen LogP contribution < -0.4 is 5.32 Å². The summed E-state index contributed by atoms with van der Waals surface area (Å²) in [5, 5.41) is 12.9. The Bertz CT molecular complexity index is 439. The monoisotopic (exact) mass is 303 g/mol. The van der Waals surface area contributed by atoms with Gasteiger partial charge in [0.2, 0.25) is 0 Å². The average molecular weight is 303 g/mol. The van der Waals surface area contributed by atoms with Gasteiger partial charge < -0.3 is 10.4 Å². The summed E-state index contributed by atoms with van der Waals surface area (Å²) in [6.07, 6.45) is -5.01. The molecule has 0 amide bonds. The van der Waals surface area contributed by atoms with Crippen LogP contribution in [0.1, 0.15) is 45.7 Å². The van der Waals surface area contributed by atoms with E-state index in [-0.39, 0.29) is 12.5 Å². The molecule has 0 radical (unpaired) electrons. The molecule has 0 saturated heterocycles. The lowest BCUT2D eigenvalue weighted by Crippen LogP contribution is -2.54. The third kappa shape index (κ3) is 5.32. The summed E-state index contributed by atoms with van der Waals surface area (Å²) in [4.78, 5) is 0. The number of benzene rings is 1. The summed E-state index contributed by atoms with van der Waals surface area (Å²) in [6, 6.07) is 8.93. The molecule has 0 heterocycles. The predicted molar refractivity (Wildman–Crippen MR) is 77.9 cm³/mol. The molecule has 1 unspecified atom stereocenters. The molecule has 0 bridgehead atoms. The minimum Gasteiger partial charge on any atom is -0.379 e. The van der Waals surface area contributed by atoms with Crippen molar-refractivity contribution in [2.24, 2.45) is 5.41 Å². The zero-order valence-corrected chi connectivity index (χ0v) is 13.0. The smallest absolute Gasteiger partial charge is 0.379 e. The third-order valence-corrected chi connectivity index (χ3v) is 3.35. The maximum Gasteiger partial charge on any atom is 0.418 e. The molecule has 0 aliphatic heterocycles. The van der Waals surface area contributed by atoms with Gasteiger partial charge in [-0.2, -0.15) is 13.2 Å². The summed E-state index contributed by atoms with van der Waals surface area (Å²) in [5.74, 6) is 0. The Morgan fingerprint density at radius 1 is 1.10 bits per heavy atom. The van der Waals surface area contributed by atoms with Crippen LogP contribution in [0.3, 0.4) is 0 Å². The molecule has 2 atom stereocenters. The summed E-state index contributed by atoms with van der Waals surface area (Å²) < 4.78 is 39.6. The second kappa shape index (κ2) is 6.36. The SMILES string of the molecule is C[C@@H](NCC(O)(CC(C)(C)C)C(F)(F)F)c1ccccc1. The van der Waals surface area contributed by atoms with Gasteiger partial charge in [-0.25, -0.2) is 0 Å². The Morgan fingerprint density at radius 3 is 2.05 bits per heavy atom. The van der Waals surface area contributed by atoms with E-state index in [9.17, 15) is 18.3 Å². The van der Waals surface area contributed by atoms with Gasteiger partial charge in [-0.15, -0.1) is 0 Å². The molecule has 2 nitrogen and oxygen atoms in total. The van der Waals surface area contributed by atoms with E-state index < -0.39 is 23.7 Å². The molecule has 2 N–H and O–H groups in total. The van der Waals surface area contributed by atoms with Gasteiger partial charge in [-0.1, -0.05) is 51.1 Å². The standard InChI is InChI=1S/C16H24F3NO/c1-12(13-8-6-5-7-9-13)20-11-15(21,16(17,18)19)10-14(2,3)4/h5-9,12,20-21H,10-11H2,1-4H3/t12-,15?/m1/s1. The fraction of sp³-hybridized carbons (Fsp3) is 0.625. The Kier molecular flexibility index (Phi) is 5.45. The second-order valence-electron chi connectivity index (χ2n) is 6.78. The quantitative estimate of drug-likeness (QED) is 0.859. The van der Waals surface area contributed by atoms with E-state index in [2.05, 4.69) is 5.32 Å². The van der Waals surface area contributed by atoms with E-state index >= 15 is 0 Å². The highest BCUT2D eigenvalue weighted by Crippen LogP contribution is 2.39. The van der Waals surface area contributed by atoms with Crippen LogP contribution in [0.15, 0.2) is 30.3 Å². The average Bonchev–Trinajstić information content (AvgIpc) is 2.33. The first-order valence-corrected chi connectivity index (χ1v) is 7.02. The molecule has 1 aromatic carbocycles. The molecule has 1 aromatic rings. The highest BCUT2D eigenvalue weighted by molar-refractivity contribution is 5.18. The number of hydrogen-bond donors (Lipinski definition) is 2. The first kappa shape index (κ1) is 18.0. The van der Waals surface area contributed by atoms with Crippen molar-refractivity contribution in [1.29, 1.82) is 0 Å². The molecule has 0 saturated carbocycles. The summed E-state index contributed by atoms with van der Waals surface area (Å²) in [7, 11) is 0. The molecular formula is C16H24F3NO. The zero-order valence-electron chi connectivity index (χ0n) is 13.0. The van der Waals surface area contributed by atoms with Gasteiger partial charge in [0.25, 0.3) is 0 Å². The van der Waals surface area contributed by atoms with Crippen LogP contribution in [0.5, 0.6) is 0 Å². The molecular weight excluding hydrogens is 279 g/mol. The summed E-state index contributed by atoms with van der Waals surface area (Å²) in [5.41, 5.74) is -2.46. The van der Waals surface area contributed by atoms with Crippen LogP contribution in [0.4, 0.5) is 13.2 Å². The topological polar surface area (TPSA) is 32.3 Å². The number of rotatable bonds is 5. The maximum atomic E-state index is 13.2. The molecule has 5 heteroatoms. The summed E-state index contributed by atoms with van der Waals surface area (Å²) >= 11 is 0. The van der Waals surface area contributed by atoms with Gasteiger partial charge in [0.1, 0.15) is 0 Å². The van der Waals surface area contributed by atoms with E-state index in [4.69, 9.17) is 0 Å². The summed E-state index contributed by atoms with van der Waals surface area (Å²) in [6.45, 7) is 6.31. The molecule has 0 fully saturated rings. The minimum atomic E-state index is -4.66. The second-order valence-corrected chi connectivity index (χ2v) is 6.78. The van der Waals surface area contributed by atoms with Crippen molar-refractivity contribution >= 4 is 0 Å². The Balaban J connectivity index is 2.79. The Hall–Kier alpha value is -1.07. The molecule has 120 valence electrons. The lowest BCUT2D eigenvalue weighted by atomic mass is 9.81. The Labute approximate surface area is 124 Å². The highest BCUT2D eigenvalue weighted by Gasteiger charge is 2.54. The first-order chi connectivity index (χ1) is 9.45. The Morgan fingerprint density at radius 2 is 1.62 bits per heavy atom. The van der Waals surface area contributed by atoms with E-state index in [1.165, 1.54) is 0 Å². The van der Waals surface area contributed by atoms with Crippen molar-refractivity contribution in [2.45, 2.75) is 51.9 Å². The normalized spacial score (nSPS) is 17.3. The van der Waals surface area contributed by atoms with Crippen molar-refractivity contribution in [3.8, 4) is 0 Å². The van der Waals surface area contributed by atoms with Crippen LogP contribution in [0.2, 0.25) is 0 Å². The zero-order chi connectivity index (χ0) is 16.3. The van der Waals surface area contributed by atoms with Gasteiger partial charge in [0.15, 0.2) is 5.60 Å². The molecule has 0 aromatic heterocycles. The lowest BCUT2D eigenvalue weighted by Gasteiger charge is -2.36. The number of hydrogen-bond acceptors (Lipinski definition) is 2. The number of halogens is 3. The van der Waals surface area contributed by atoms with Crippen molar-refractivity contribution in [2.75, 3.05) is 6.54 Å². The van der Waals surface area contributed by atoms with E-state index in [1.54, 1.807) is 27.7 Å². The van der Waals surface area contributed by atoms with Crippen molar-refractivity contribution < 1.29 is 18.3 Å². The van der Waals surface area contributed by atoms with Crippen LogP contribution in [-0.2, 0) is 0 Å². The number of alkyl halides is 3. The van der Waals surface area contributed by atoms with Crippen LogP contribution >= 0.6 is 0 Å². The van der Waals surface area contributed by atoms with Crippen molar-refractivity contribution in [1.82, 2.24) is 5.32 Å². The fourth-order valence-corrected chi connectivity index (χ4v) is 2.32. The maximum absolute atomic E-state index is 13.2. The van der Waals surface area contributed by atoms with Crippen LogP contribution in [-0.4, -0.2) is 23.4 Å². The molecule has 0 spiro atoms. The third-order valence-electron chi connectivity index (χ3n) is 3.35. The highest BCUT2D eigenvalue weighted by atomic mass is 19.4. The minimum absolute atomic E-state index is 0.264. The van der Waals surface area contributed by atoms with E-state index in [1.807, 2.05) is 30.3 Å². The molecule has 0 aliphatic rings. The van der Waals surface area contributed by atoms with Gasteiger partial charge >= 0.3 is 6.18 Å².